The number of nitrogens with one attached hydrogen (secondary N) is 2. The second-order valence-corrected chi connectivity index (χ2v) is 8.23. The highest BCUT2D eigenvalue weighted by Crippen LogP contribution is 2.31. The molecule has 3 aromatic rings. The van der Waals surface area contributed by atoms with E-state index in [1.165, 1.54) is 6.08 Å². The fraction of sp³-hybridized carbons (Fsp3) is 0.125. The Morgan fingerprint density at radius 3 is 2.44 bits per heavy atom. The predicted molar refractivity (Wildman–Crippen MR) is 125 cm³/mol. The van der Waals surface area contributed by atoms with Gasteiger partial charge in [-0.1, -0.05) is 41.6 Å². The van der Waals surface area contributed by atoms with Crippen LogP contribution in [-0.2, 0) is 0 Å². The van der Waals surface area contributed by atoms with E-state index in [9.17, 15) is 19.2 Å². The molecule has 1 aliphatic rings. The molecule has 0 saturated heterocycles. The van der Waals surface area contributed by atoms with E-state index in [1.807, 2.05) is 6.07 Å². The topological polar surface area (TPSA) is 128 Å². The number of hydrogen-bond donors (Lipinski definition) is 2. The molecule has 0 atom stereocenters. The number of ether oxygens (including phenoxy) is 1. The summed E-state index contributed by atoms with van der Waals surface area (Å²) in [6, 6.07) is 17.3. The molecule has 0 aliphatic heterocycles. The van der Waals surface area contributed by atoms with Gasteiger partial charge in [0.1, 0.15) is 11.3 Å². The number of benzene rings is 2. The van der Waals surface area contributed by atoms with E-state index in [2.05, 4.69) is 15.8 Å². The third-order valence-corrected chi connectivity index (χ3v) is 5.78. The van der Waals surface area contributed by atoms with Crippen LogP contribution in [0.1, 0.15) is 37.8 Å². The van der Waals surface area contributed by atoms with Crippen LogP contribution in [-0.4, -0.2) is 41.0 Å². The molecule has 34 heavy (non-hydrogen) atoms. The van der Waals surface area contributed by atoms with Crippen molar-refractivity contribution in [2.45, 2.75) is 6.42 Å². The second kappa shape index (κ2) is 10.6. The van der Waals surface area contributed by atoms with Gasteiger partial charge in [0, 0.05) is 18.3 Å². The smallest absolute Gasteiger partial charge is 0.410 e. The highest BCUT2D eigenvalue weighted by Gasteiger charge is 2.36. The molecule has 0 bridgehead atoms. The molecular formula is C24H19N3O6S. The first-order chi connectivity index (χ1) is 16.5. The fourth-order valence-electron chi connectivity index (χ4n) is 3.09. The number of Topliss-reactive ketones (excluding diaryl/α,β-unsaturated/α-hetero) is 1. The minimum Gasteiger partial charge on any atom is -0.410 e. The summed E-state index contributed by atoms with van der Waals surface area (Å²) in [5, 5.41) is 8.91. The molecule has 1 heterocycles. The Hall–Kier alpha value is -4.18. The lowest BCUT2D eigenvalue weighted by Crippen LogP contribution is -2.28. The largest absolute Gasteiger partial charge is 0.412 e. The van der Waals surface area contributed by atoms with Gasteiger partial charge in [-0.15, -0.1) is 11.8 Å². The highest BCUT2D eigenvalue weighted by atomic mass is 32.2. The van der Waals surface area contributed by atoms with Crippen LogP contribution < -0.4 is 15.4 Å². The minimum atomic E-state index is -0.648. The number of aromatic nitrogens is 1. The maximum atomic E-state index is 13.0. The average molecular weight is 477 g/mol. The van der Waals surface area contributed by atoms with Crippen LogP contribution in [0.3, 0.4) is 0 Å². The molecule has 4 rings (SSSR count). The van der Waals surface area contributed by atoms with E-state index in [0.29, 0.717) is 30.2 Å². The minimum absolute atomic E-state index is 0.145. The monoisotopic (exact) mass is 477 g/mol. The van der Waals surface area contributed by atoms with Gasteiger partial charge in [0.25, 0.3) is 5.91 Å². The quantitative estimate of drug-likeness (QED) is 0.464. The van der Waals surface area contributed by atoms with Crippen molar-refractivity contribution in [2.24, 2.45) is 0 Å². The lowest BCUT2D eigenvalue weighted by molar-refractivity contribution is 0.0967. The molecule has 0 unspecified atom stereocenters. The first-order valence-corrected chi connectivity index (χ1v) is 11.3. The molecule has 2 N–H and O–H groups in total. The molecule has 0 radical (unpaired) electrons. The number of hydrogen-bond acceptors (Lipinski definition) is 8. The zero-order valence-electron chi connectivity index (χ0n) is 17.8. The van der Waals surface area contributed by atoms with Crippen molar-refractivity contribution in [3.05, 3.63) is 88.7 Å². The van der Waals surface area contributed by atoms with E-state index in [1.54, 1.807) is 54.6 Å². The van der Waals surface area contributed by atoms with Crippen molar-refractivity contribution in [3.63, 3.8) is 0 Å². The van der Waals surface area contributed by atoms with E-state index in [-0.39, 0.29) is 21.9 Å². The predicted octanol–water partition coefficient (Wildman–Crippen LogP) is 4.10. The van der Waals surface area contributed by atoms with E-state index in [4.69, 9.17) is 9.26 Å². The Kier molecular flexibility index (Phi) is 7.19. The van der Waals surface area contributed by atoms with Crippen molar-refractivity contribution >= 4 is 41.0 Å². The average Bonchev–Trinajstić information content (AvgIpc) is 3.29. The molecule has 1 aliphatic carbocycles. The number of carbonyl (C=O) groups excluding carboxylic acids is 4. The van der Waals surface area contributed by atoms with Crippen molar-refractivity contribution in [3.8, 4) is 5.75 Å². The fourth-order valence-corrected chi connectivity index (χ4v) is 4.02. The third-order valence-electron chi connectivity index (χ3n) is 4.68. The number of allylic oxidation sites excluding steroid dienone is 2. The Morgan fingerprint density at radius 2 is 1.71 bits per heavy atom. The SMILES string of the molecule is O=C(NCCCSC1=CC(=O)c2onc(C(=O)Nc3ccccc3)c2C1=O)Oc1ccccc1. The number of carbonyl (C=O) groups is 4. The summed E-state index contributed by atoms with van der Waals surface area (Å²) in [4.78, 5) is 50.0. The number of fused-ring (bicyclic) bond motifs is 1. The first-order valence-electron chi connectivity index (χ1n) is 10.3. The van der Waals surface area contributed by atoms with E-state index in [0.717, 1.165) is 11.8 Å². The molecule has 10 heteroatoms. The normalized spacial score (nSPS) is 12.5. The van der Waals surface area contributed by atoms with Crippen LogP contribution >= 0.6 is 11.8 Å². The molecule has 0 saturated carbocycles. The summed E-state index contributed by atoms with van der Waals surface area (Å²) >= 11 is 1.15. The Balaban J connectivity index is 1.31. The molecule has 0 fully saturated rings. The van der Waals surface area contributed by atoms with Crippen molar-refractivity contribution < 1.29 is 28.4 Å². The zero-order chi connectivity index (χ0) is 23.9. The van der Waals surface area contributed by atoms with Gasteiger partial charge in [-0.25, -0.2) is 4.79 Å². The summed E-state index contributed by atoms with van der Waals surface area (Å²) in [6.07, 6.45) is 1.12. The van der Waals surface area contributed by atoms with Gasteiger partial charge in [0.05, 0.1) is 4.91 Å². The highest BCUT2D eigenvalue weighted by molar-refractivity contribution is 8.04. The van der Waals surface area contributed by atoms with Crippen LogP contribution in [0, 0.1) is 0 Å². The van der Waals surface area contributed by atoms with Gasteiger partial charge in [-0.3, -0.25) is 14.4 Å². The summed E-state index contributed by atoms with van der Waals surface area (Å²) < 4.78 is 10.1. The van der Waals surface area contributed by atoms with Gasteiger partial charge in [0.2, 0.25) is 17.3 Å². The summed E-state index contributed by atoms with van der Waals surface area (Å²) in [5.41, 5.74) is 0.129. The van der Waals surface area contributed by atoms with Crippen molar-refractivity contribution in [1.82, 2.24) is 10.5 Å². The molecule has 9 nitrogen and oxygen atoms in total. The maximum Gasteiger partial charge on any atom is 0.412 e. The number of rotatable bonds is 8. The summed E-state index contributed by atoms with van der Waals surface area (Å²) in [5.74, 6) is -1.06. The molecule has 1 aromatic heterocycles. The van der Waals surface area contributed by atoms with Gasteiger partial charge in [-0.05, 0) is 36.4 Å². The third kappa shape index (κ3) is 5.41. The number of amides is 2. The van der Waals surface area contributed by atoms with Crippen LogP contribution in [0.25, 0.3) is 0 Å². The molecular weight excluding hydrogens is 458 g/mol. The summed E-state index contributed by atoms with van der Waals surface area (Å²) in [6.45, 7) is 0.317. The lowest BCUT2D eigenvalue weighted by atomic mass is 9.99. The van der Waals surface area contributed by atoms with Gasteiger partial charge < -0.3 is 19.9 Å². The molecule has 2 amide bonds. The Bertz CT molecular complexity index is 1250. The lowest BCUT2D eigenvalue weighted by Gasteiger charge is -2.11. The van der Waals surface area contributed by atoms with Crippen molar-refractivity contribution in [2.75, 3.05) is 17.6 Å². The Labute approximate surface area is 198 Å². The number of nitrogens with zero attached hydrogens (tertiary/aromatic N) is 1. The number of ketones is 2. The van der Waals surface area contributed by atoms with Crippen LogP contribution in [0.2, 0.25) is 0 Å². The van der Waals surface area contributed by atoms with Crippen LogP contribution in [0.4, 0.5) is 10.5 Å². The second-order valence-electron chi connectivity index (χ2n) is 7.09. The Morgan fingerprint density at radius 1 is 1.00 bits per heavy atom. The molecule has 172 valence electrons. The van der Waals surface area contributed by atoms with Gasteiger partial charge in [-0.2, -0.15) is 0 Å². The summed E-state index contributed by atoms with van der Waals surface area (Å²) in [7, 11) is 0. The van der Waals surface area contributed by atoms with Gasteiger partial charge in [0.15, 0.2) is 5.69 Å². The molecule has 0 spiro atoms. The van der Waals surface area contributed by atoms with Gasteiger partial charge >= 0.3 is 6.09 Å². The maximum absolute atomic E-state index is 13.0. The van der Waals surface area contributed by atoms with E-state index < -0.39 is 23.6 Å². The first kappa shape index (κ1) is 23.0. The van der Waals surface area contributed by atoms with Crippen molar-refractivity contribution in [1.29, 1.82) is 0 Å². The standard InChI is InChI=1S/C24H19N3O6S/c28-17-14-18(34-13-7-12-25-24(31)32-16-10-5-2-6-11-16)21(29)19-20(27-33-22(17)19)23(30)26-15-8-3-1-4-9-15/h1-6,8-11,14H,7,12-13H2,(H,25,31)(H,26,30). The van der Waals surface area contributed by atoms with Crippen LogP contribution in [0.5, 0.6) is 5.75 Å². The zero-order valence-corrected chi connectivity index (χ0v) is 18.6. The van der Waals surface area contributed by atoms with Crippen LogP contribution in [0.15, 0.2) is 76.2 Å². The van der Waals surface area contributed by atoms with E-state index >= 15 is 0 Å². The molecule has 2 aromatic carbocycles. The number of thioether (sulfide) groups is 1. The number of anilines is 1. The number of para-hydroxylation sites is 2.